The van der Waals surface area contributed by atoms with E-state index < -0.39 is 0 Å². The van der Waals surface area contributed by atoms with E-state index in [4.69, 9.17) is 17.0 Å². The lowest BCUT2D eigenvalue weighted by molar-refractivity contribution is 0.215. The standard InChI is InChI=1S/C14H16OS/c1-11-7-9-13(10-8-11)15-14(16)12-5-3-2-4-6-12/h2-7,9,11,13H,8,10H2,1H3/t11-,13+/m0/s1. The van der Waals surface area contributed by atoms with Gasteiger partial charge in [0.05, 0.1) is 0 Å². The van der Waals surface area contributed by atoms with Crippen LogP contribution in [0.5, 0.6) is 0 Å². The van der Waals surface area contributed by atoms with Crippen molar-refractivity contribution in [1.82, 2.24) is 0 Å². The largest absolute Gasteiger partial charge is 0.475 e. The number of thiocarbonyl (C=S) groups is 1. The lowest BCUT2D eigenvalue weighted by Gasteiger charge is -2.21. The minimum Gasteiger partial charge on any atom is -0.475 e. The number of ether oxygens (including phenoxy) is 1. The highest BCUT2D eigenvalue weighted by atomic mass is 32.1. The summed E-state index contributed by atoms with van der Waals surface area (Å²) in [5.74, 6) is 0.671. The first-order valence-electron chi connectivity index (χ1n) is 5.70. The smallest absolute Gasteiger partial charge is 0.191 e. The van der Waals surface area contributed by atoms with Crippen molar-refractivity contribution in [3.63, 3.8) is 0 Å². The Morgan fingerprint density at radius 2 is 1.94 bits per heavy atom. The summed E-state index contributed by atoms with van der Waals surface area (Å²) in [5, 5.41) is 0.602. The van der Waals surface area contributed by atoms with Crippen LogP contribution in [-0.2, 0) is 4.74 Å². The van der Waals surface area contributed by atoms with Crippen molar-refractivity contribution in [2.75, 3.05) is 0 Å². The van der Waals surface area contributed by atoms with Crippen LogP contribution < -0.4 is 0 Å². The summed E-state index contributed by atoms with van der Waals surface area (Å²) in [6, 6.07) is 9.90. The zero-order chi connectivity index (χ0) is 11.4. The summed E-state index contributed by atoms with van der Waals surface area (Å²) in [7, 11) is 0. The molecule has 1 aliphatic rings. The molecule has 1 aromatic rings. The highest BCUT2D eigenvalue weighted by Crippen LogP contribution is 2.20. The zero-order valence-electron chi connectivity index (χ0n) is 9.43. The van der Waals surface area contributed by atoms with Gasteiger partial charge in [0, 0.05) is 5.56 Å². The molecule has 2 atom stereocenters. The molecule has 0 saturated heterocycles. The Hall–Kier alpha value is -1.15. The van der Waals surface area contributed by atoms with Crippen LogP contribution in [0.2, 0.25) is 0 Å². The number of benzene rings is 1. The van der Waals surface area contributed by atoms with Crippen molar-refractivity contribution >= 4 is 17.3 Å². The van der Waals surface area contributed by atoms with Crippen LogP contribution in [0.4, 0.5) is 0 Å². The molecule has 0 spiro atoms. The van der Waals surface area contributed by atoms with E-state index in [1.165, 1.54) is 6.42 Å². The minimum absolute atomic E-state index is 0.156. The van der Waals surface area contributed by atoms with E-state index in [2.05, 4.69) is 19.1 Å². The van der Waals surface area contributed by atoms with Gasteiger partial charge in [-0.15, -0.1) is 0 Å². The van der Waals surface area contributed by atoms with E-state index in [0.29, 0.717) is 11.0 Å². The SMILES string of the molecule is C[C@H]1C=C[C@@H](OC(=S)c2ccccc2)CC1. The molecule has 2 heteroatoms. The Bertz CT molecular complexity index is 383. The third-order valence-electron chi connectivity index (χ3n) is 2.83. The van der Waals surface area contributed by atoms with Gasteiger partial charge in [-0.05, 0) is 37.1 Å². The van der Waals surface area contributed by atoms with Gasteiger partial charge < -0.3 is 4.74 Å². The van der Waals surface area contributed by atoms with Gasteiger partial charge >= 0.3 is 0 Å². The van der Waals surface area contributed by atoms with Crippen LogP contribution in [0, 0.1) is 5.92 Å². The molecule has 0 radical (unpaired) electrons. The Balaban J connectivity index is 1.96. The van der Waals surface area contributed by atoms with Gasteiger partial charge in [-0.1, -0.05) is 43.3 Å². The molecule has 0 fully saturated rings. The molecule has 0 heterocycles. The predicted octanol–water partition coefficient (Wildman–Crippen LogP) is 3.73. The normalized spacial score (nSPS) is 24.1. The van der Waals surface area contributed by atoms with Crippen molar-refractivity contribution in [3.05, 3.63) is 48.0 Å². The minimum atomic E-state index is 0.156. The van der Waals surface area contributed by atoms with Crippen molar-refractivity contribution in [2.45, 2.75) is 25.9 Å². The van der Waals surface area contributed by atoms with Gasteiger partial charge in [0.2, 0.25) is 0 Å². The quantitative estimate of drug-likeness (QED) is 0.567. The molecule has 1 aliphatic carbocycles. The topological polar surface area (TPSA) is 9.23 Å². The molecule has 0 amide bonds. The van der Waals surface area contributed by atoms with Crippen LogP contribution in [0.1, 0.15) is 25.3 Å². The molecule has 2 rings (SSSR count). The molecule has 84 valence electrons. The predicted molar refractivity (Wildman–Crippen MR) is 70.6 cm³/mol. The summed E-state index contributed by atoms with van der Waals surface area (Å²) in [4.78, 5) is 0. The Morgan fingerprint density at radius 3 is 2.56 bits per heavy atom. The van der Waals surface area contributed by atoms with E-state index in [9.17, 15) is 0 Å². The Kier molecular flexibility index (Phi) is 3.73. The summed E-state index contributed by atoms with van der Waals surface area (Å²) < 4.78 is 5.77. The van der Waals surface area contributed by atoms with Crippen LogP contribution in [0.25, 0.3) is 0 Å². The van der Waals surface area contributed by atoms with Gasteiger partial charge in [-0.25, -0.2) is 0 Å². The third kappa shape index (κ3) is 2.92. The van der Waals surface area contributed by atoms with Crippen molar-refractivity contribution in [3.8, 4) is 0 Å². The van der Waals surface area contributed by atoms with E-state index in [1.54, 1.807) is 0 Å². The molecule has 16 heavy (non-hydrogen) atoms. The van der Waals surface area contributed by atoms with Crippen LogP contribution in [-0.4, -0.2) is 11.2 Å². The number of hydrogen-bond donors (Lipinski definition) is 0. The van der Waals surface area contributed by atoms with Crippen molar-refractivity contribution in [1.29, 1.82) is 0 Å². The molecular weight excluding hydrogens is 216 g/mol. The molecular formula is C14H16OS. The van der Waals surface area contributed by atoms with Crippen LogP contribution >= 0.6 is 12.2 Å². The van der Waals surface area contributed by atoms with E-state index in [0.717, 1.165) is 12.0 Å². The Labute approximate surface area is 102 Å². The zero-order valence-corrected chi connectivity index (χ0v) is 10.2. The second-order valence-electron chi connectivity index (χ2n) is 4.25. The first-order valence-corrected chi connectivity index (χ1v) is 6.11. The molecule has 0 N–H and O–H groups in total. The third-order valence-corrected chi connectivity index (χ3v) is 3.16. The number of rotatable bonds is 2. The first-order chi connectivity index (χ1) is 7.75. The summed E-state index contributed by atoms with van der Waals surface area (Å²) >= 11 is 5.27. The lowest BCUT2D eigenvalue weighted by Crippen LogP contribution is -2.19. The lowest BCUT2D eigenvalue weighted by atomic mass is 9.96. The average Bonchev–Trinajstić information content (AvgIpc) is 2.33. The molecule has 1 aromatic carbocycles. The molecule has 1 nitrogen and oxygen atoms in total. The van der Waals surface area contributed by atoms with Gasteiger partial charge in [0.25, 0.3) is 0 Å². The van der Waals surface area contributed by atoms with E-state index >= 15 is 0 Å². The molecule has 0 unspecified atom stereocenters. The molecule has 0 aliphatic heterocycles. The highest BCUT2D eigenvalue weighted by Gasteiger charge is 2.15. The maximum Gasteiger partial charge on any atom is 0.191 e. The van der Waals surface area contributed by atoms with Gasteiger partial charge in [0.15, 0.2) is 5.05 Å². The van der Waals surface area contributed by atoms with Crippen molar-refractivity contribution in [2.24, 2.45) is 5.92 Å². The maximum atomic E-state index is 5.77. The second-order valence-corrected chi connectivity index (χ2v) is 4.62. The summed E-state index contributed by atoms with van der Waals surface area (Å²) in [6.07, 6.45) is 6.73. The average molecular weight is 232 g/mol. The van der Waals surface area contributed by atoms with Gasteiger partial charge in [0.1, 0.15) is 6.10 Å². The van der Waals surface area contributed by atoms with Crippen LogP contribution in [0.3, 0.4) is 0 Å². The fourth-order valence-electron chi connectivity index (χ4n) is 1.81. The monoisotopic (exact) mass is 232 g/mol. The molecule has 0 aromatic heterocycles. The number of allylic oxidation sites excluding steroid dienone is 1. The van der Waals surface area contributed by atoms with E-state index in [-0.39, 0.29) is 6.10 Å². The maximum absolute atomic E-state index is 5.77. The van der Waals surface area contributed by atoms with Gasteiger partial charge in [-0.3, -0.25) is 0 Å². The fraction of sp³-hybridized carbons (Fsp3) is 0.357. The van der Waals surface area contributed by atoms with Crippen LogP contribution in [0.15, 0.2) is 42.5 Å². The first kappa shape index (κ1) is 11.3. The second kappa shape index (κ2) is 5.26. The van der Waals surface area contributed by atoms with Gasteiger partial charge in [-0.2, -0.15) is 0 Å². The summed E-state index contributed by atoms with van der Waals surface area (Å²) in [6.45, 7) is 2.22. The number of hydrogen-bond acceptors (Lipinski definition) is 2. The van der Waals surface area contributed by atoms with Crippen molar-refractivity contribution < 1.29 is 4.74 Å². The molecule has 0 bridgehead atoms. The highest BCUT2D eigenvalue weighted by molar-refractivity contribution is 7.80. The fourth-order valence-corrected chi connectivity index (χ4v) is 2.07. The Morgan fingerprint density at radius 1 is 1.19 bits per heavy atom. The summed E-state index contributed by atoms with van der Waals surface area (Å²) in [5.41, 5.74) is 0.990. The molecule has 0 saturated carbocycles. The van der Waals surface area contributed by atoms with E-state index in [1.807, 2.05) is 30.3 Å².